The predicted molar refractivity (Wildman–Crippen MR) is 89.5 cm³/mol. The number of rotatable bonds is 4. The highest BCUT2D eigenvalue weighted by Gasteiger charge is 2.20. The van der Waals surface area contributed by atoms with Crippen molar-refractivity contribution in [3.05, 3.63) is 80.5 Å². The van der Waals surface area contributed by atoms with Gasteiger partial charge in [0.05, 0.1) is 0 Å². The highest BCUT2D eigenvalue weighted by atomic mass is 35.5. The van der Waals surface area contributed by atoms with Crippen LogP contribution in [0.4, 0.5) is 0 Å². The Hall–Kier alpha value is -1.55. The van der Waals surface area contributed by atoms with Crippen LogP contribution in [0.3, 0.4) is 0 Å². The lowest BCUT2D eigenvalue weighted by molar-refractivity contribution is 0.611. The van der Waals surface area contributed by atoms with E-state index in [1.807, 2.05) is 12.1 Å². The van der Waals surface area contributed by atoms with E-state index >= 15 is 0 Å². The summed E-state index contributed by atoms with van der Waals surface area (Å²) in [5.41, 5.74) is 1.38. The van der Waals surface area contributed by atoms with Gasteiger partial charge in [0.1, 0.15) is 8.73 Å². The highest BCUT2D eigenvalue weighted by molar-refractivity contribution is 8.02. The zero-order valence-corrected chi connectivity index (χ0v) is 13.2. The Kier molecular flexibility index (Phi) is 5.23. The molecule has 0 atom stereocenters. The lowest BCUT2D eigenvalue weighted by Crippen LogP contribution is -1.99. The second kappa shape index (κ2) is 6.94. The minimum atomic E-state index is -3.88. The van der Waals surface area contributed by atoms with Crippen LogP contribution < -0.4 is 0 Å². The summed E-state index contributed by atoms with van der Waals surface area (Å²) in [6.45, 7) is 0. The van der Waals surface area contributed by atoms with Gasteiger partial charge in [0.2, 0.25) is 9.84 Å². The van der Waals surface area contributed by atoms with Gasteiger partial charge >= 0.3 is 0 Å². The van der Waals surface area contributed by atoms with Crippen molar-refractivity contribution in [2.45, 2.75) is 0 Å². The number of halogens is 2. The fraction of sp³-hybridized carbons (Fsp3) is 0. The van der Waals surface area contributed by atoms with Crippen LogP contribution in [-0.2, 0) is 9.84 Å². The normalized spacial score (nSPS) is 13.2. The van der Waals surface area contributed by atoms with Crippen molar-refractivity contribution in [1.29, 1.82) is 0 Å². The summed E-state index contributed by atoms with van der Waals surface area (Å²) in [6.07, 6.45) is 2.75. The van der Waals surface area contributed by atoms with Crippen LogP contribution >= 0.6 is 23.2 Å². The fourth-order valence-electron chi connectivity index (χ4n) is 1.61. The molecule has 2 aromatic rings. The van der Waals surface area contributed by atoms with Crippen molar-refractivity contribution in [2.24, 2.45) is 0 Å². The van der Waals surface area contributed by atoms with Gasteiger partial charge in [-0.3, -0.25) is 0 Å². The van der Waals surface area contributed by atoms with E-state index in [1.54, 1.807) is 48.5 Å². The molecule has 0 aliphatic rings. The monoisotopic (exact) mass is 338 g/mol. The average molecular weight is 339 g/mol. The third kappa shape index (κ3) is 4.21. The summed E-state index contributed by atoms with van der Waals surface area (Å²) in [5.74, 6) is 0. The molecule has 21 heavy (non-hydrogen) atoms. The van der Waals surface area contributed by atoms with E-state index in [9.17, 15) is 8.42 Å². The van der Waals surface area contributed by atoms with Crippen molar-refractivity contribution in [3.63, 3.8) is 0 Å². The summed E-state index contributed by atoms with van der Waals surface area (Å²) in [5, 5.41) is 0. The molecule has 0 saturated heterocycles. The molecule has 0 radical (unpaired) electrons. The maximum atomic E-state index is 12.2. The van der Waals surface area contributed by atoms with E-state index in [0.29, 0.717) is 11.1 Å². The molecule has 0 fully saturated rings. The summed E-state index contributed by atoms with van der Waals surface area (Å²) in [6, 6.07) is 17.9. The van der Waals surface area contributed by atoms with Gasteiger partial charge < -0.3 is 0 Å². The average Bonchev–Trinajstić information content (AvgIpc) is 2.49. The van der Waals surface area contributed by atoms with Crippen molar-refractivity contribution in [1.82, 2.24) is 0 Å². The van der Waals surface area contributed by atoms with Crippen molar-refractivity contribution in [3.8, 4) is 0 Å². The first-order valence-electron chi connectivity index (χ1n) is 6.10. The highest BCUT2D eigenvalue weighted by Crippen LogP contribution is 2.27. The molecule has 0 aromatic heterocycles. The maximum Gasteiger partial charge on any atom is 0.228 e. The van der Waals surface area contributed by atoms with Crippen LogP contribution in [0, 0.1) is 0 Å². The fourth-order valence-corrected chi connectivity index (χ4v) is 3.25. The Morgan fingerprint density at radius 1 is 0.714 bits per heavy atom. The van der Waals surface area contributed by atoms with E-state index in [-0.39, 0.29) is 8.73 Å². The molecular formula is C16H12Cl2O2S. The second-order valence-corrected chi connectivity index (χ2v) is 7.37. The van der Waals surface area contributed by atoms with Crippen LogP contribution in [0.1, 0.15) is 11.1 Å². The van der Waals surface area contributed by atoms with Crippen LogP contribution in [0.2, 0.25) is 0 Å². The van der Waals surface area contributed by atoms with E-state index < -0.39 is 9.84 Å². The van der Waals surface area contributed by atoms with Gasteiger partial charge in [-0.05, 0) is 23.3 Å². The van der Waals surface area contributed by atoms with Crippen molar-refractivity contribution < 1.29 is 8.42 Å². The zero-order valence-electron chi connectivity index (χ0n) is 10.9. The molecule has 2 nitrogen and oxygen atoms in total. The van der Waals surface area contributed by atoms with Crippen LogP contribution in [0.5, 0.6) is 0 Å². The van der Waals surface area contributed by atoms with E-state index in [1.165, 1.54) is 12.2 Å². The van der Waals surface area contributed by atoms with E-state index in [4.69, 9.17) is 23.2 Å². The summed E-state index contributed by atoms with van der Waals surface area (Å²) in [4.78, 5) is 0. The Bertz CT molecular complexity index is 703. The van der Waals surface area contributed by atoms with Gasteiger partial charge in [-0.15, -0.1) is 0 Å². The molecule has 0 amide bonds. The molecule has 0 spiro atoms. The minimum absolute atomic E-state index is 0.314. The minimum Gasteiger partial charge on any atom is -0.217 e. The van der Waals surface area contributed by atoms with Gasteiger partial charge in [-0.25, -0.2) is 8.42 Å². The zero-order chi connectivity index (χ0) is 15.3. The third-order valence-electron chi connectivity index (χ3n) is 2.67. The van der Waals surface area contributed by atoms with E-state index in [2.05, 4.69) is 0 Å². The largest absolute Gasteiger partial charge is 0.228 e. The van der Waals surface area contributed by atoms with Crippen molar-refractivity contribution >= 4 is 45.2 Å². The van der Waals surface area contributed by atoms with Crippen LogP contribution in [0.15, 0.2) is 69.4 Å². The topological polar surface area (TPSA) is 34.1 Å². The molecular weight excluding hydrogens is 327 g/mol. The molecule has 5 heteroatoms. The molecule has 0 N–H and O–H groups in total. The first kappa shape index (κ1) is 15.8. The van der Waals surface area contributed by atoms with Crippen LogP contribution in [0.25, 0.3) is 12.2 Å². The van der Waals surface area contributed by atoms with Gasteiger partial charge in [0, 0.05) is 0 Å². The molecule has 2 rings (SSSR count). The third-order valence-corrected chi connectivity index (χ3v) is 5.37. The number of hydrogen-bond acceptors (Lipinski definition) is 2. The molecule has 0 saturated carbocycles. The molecule has 108 valence electrons. The second-order valence-electron chi connectivity index (χ2n) is 4.22. The maximum absolute atomic E-state index is 12.2. The standard InChI is InChI=1S/C16H12Cl2O2S/c17-15(11-13-7-3-1-4-8-13)21(19,20)16(18)12-14-9-5-2-6-10-14/h1-12H. The first-order chi connectivity index (χ1) is 10.00. The Morgan fingerprint density at radius 3 is 1.38 bits per heavy atom. The smallest absolute Gasteiger partial charge is 0.217 e. The molecule has 0 unspecified atom stereocenters. The molecule has 2 aromatic carbocycles. The first-order valence-corrected chi connectivity index (χ1v) is 8.33. The molecule has 0 heterocycles. The number of sulfone groups is 1. The number of benzene rings is 2. The predicted octanol–water partition coefficient (Wildman–Crippen LogP) is 4.88. The SMILES string of the molecule is O=S(=O)(C(Cl)=Cc1ccccc1)C(Cl)=Cc1ccccc1. The molecule has 0 aliphatic carbocycles. The van der Waals surface area contributed by atoms with Crippen LogP contribution in [-0.4, -0.2) is 8.42 Å². The lowest BCUT2D eigenvalue weighted by Gasteiger charge is -2.02. The van der Waals surface area contributed by atoms with Gasteiger partial charge in [-0.2, -0.15) is 0 Å². The Morgan fingerprint density at radius 2 is 1.05 bits per heavy atom. The number of hydrogen-bond donors (Lipinski definition) is 0. The Labute approximate surface area is 134 Å². The van der Waals surface area contributed by atoms with Gasteiger partial charge in [-0.1, -0.05) is 83.9 Å². The summed E-state index contributed by atoms with van der Waals surface area (Å²) >= 11 is 11.8. The Balaban J connectivity index is 2.33. The lowest BCUT2D eigenvalue weighted by atomic mass is 10.2. The summed E-state index contributed by atoms with van der Waals surface area (Å²) < 4.78 is 23.8. The van der Waals surface area contributed by atoms with Gasteiger partial charge in [0.25, 0.3) is 0 Å². The quantitative estimate of drug-likeness (QED) is 0.796. The summed E-state index contributed by atoms with van der Waals surface area (Å²) in [7, 11) is -3.88. The van der Waals surface area contributed by atoms with E-state index in [0.717, 1.165) is 0 Å². The molecule has 0 bridgehead atoms. The van der Waals surface area contributed by atoms with Gasteiger partial charge in [0.15, 0.2) is 0 Å². The molecule has 0 aliphatic heterocycles. The van der Waals surface area contributed by atoms with Crippen molar-refractivity contribution in [2.75, 3.05) is 0 Å².